The summed E-state index contributed by atoms with van der Waals surface area (Å²) in [6.45, 7) is 5.44. The molecule has 3 aromatic rings. The second-order valence-corrected chi connectivity index (χ2v) is 6.06. The third-order valence-corrected chi connectivity index (χ3v) is 4.26. The second kappa shape index (κ2) is 6.92. The minimum Gasteiger partial charge on any atom is -0.320 e. The van der Waals surface area contributed by atoms with Gasteiger partial charge in [-0.05, 0) is 50.1 Å². The molecule has 0 spiro atoms. The van der Waals surface area contributed by atoms with Crippen molar-refractivity contribution in [1.29, 1.82) is 0 Å². The number of hydrogen-bond donors (Lipinski definition) is 1. The molecule has 0 radical (unpaired) electrons. The van der Waals surface area contributed by atoms with Crippen LogP contribution in [0.4, 0.5) is 10.1 Å². The fourth-order valence-electron chi connectivity index (χ4n) is 2.64. The monoisotopic (exact) mass is 351 g/mol. The Morgan fingerprint density at radius 1 is 1.08 bits per heavy atom. The number of nitrogens with one attached hydrogen (secondary N) is 1. The number of carbonyl (C=O) groups excluding carboxylic acids is 1. The van der Waals surface area contributed by atoms with Gasteiger partial charge in [0.2, 0.25) is 5.43 Å². The lowest BCUT2D eigenvalue weighted by molar-refractivity contribution is 0.101. The molecule has 26 heavy (non-hydrogen) atoms. The molecule has 1 heterocycles. The molecule has 0 saturated heterocycles. The molecule has 0 saturated carbocycles. The Hall–Kier alpha value is -3.28. The Morgan fingerprint density at radius 2 is 1.81 bits per heavy atom. The fraction of sp³-hybridized carbons (Fsp3) is 0.150. The van der Waals surface area contributed by atoms with Gasteiger partial charge in [0, 0.05) is 17.4 Å². The molecule has 0 fully saturated rings. The highest BCUT2D eigenvalue weighted by atomic mass is 19.1. The average molecular weight is 351 g/mol. The number of carbonyl (C=O) groups is 1. The molecule has 0 aliphatic rings. The number of benzene rings is 2. The van der Waals surface area contributed by atoms with Crippen LogP contribution < -0.4 is 10.7 Å². The van der Waals surface area contributed by atoms with E-state index in [1.54, 1.807) is 25.1 Å². The van der Waals surface area contributed by atoms with Gasteiger partial charge in [-0.3, -0.25) is 9.59 Å². The van der Waals surface area contributed by atoms with Crippen LogP contribution >= 0.6 is 0 Å². The Balaban J connectivity index is 2.04. The topological polar surface area (TPSA) is 64.0 Å². The van der Waals surface area contributed by atoms with Gasteiger partial charge in [-0.25, -0.2) is 9.07 Å². The molecule has 2 aromatic carbocycles. The molecule has 0 aliphatic heterocycles. The van der Waals surface area contributed by atoms with Gasteiger partial charge in [-0.2, -0.15) is 5.10 Å². The third-order valence-electron chi connectivity index (χ3n) is 4.26. The van der Waals surface area contributed by atoms with Crippen molar-refractivity contribution in [2.45, 2.75) is 20.8 Å². The molecule has 1 N–H and O–H groups in total. The number of nitrogens with zero attached hydrogens (tertiary/aromatic N) is 2. The molecule has 0 aliphatic carbocycles. The van der Waals surface area contributed by atoms with Crippen molar-refractivity contribution in [3.05, 3.63) is 87.1 Å². The van der Waals surface area contributed by atoms with Crippen molar-refractivity contribution in [1.82, 2.24) is 9.78 Å². The lowest BCUT2D eigenvalue weighted by Crippen LogP contribution is -2.27. The van der Waals surface area contributed by atoms with Crippen molar-refractivity contribution in [2.75, 3.05) is 5.32 Å². The van der Waals surface area contributed by atoms with Gasteiger partial charge >= 0.3 is 0 Å². The maximum absolute atomic E-state index is 14.1. The second-order valence-electron chi connectivity index (χ2n) is 6.06. The van der Waals surface area contributed by atoms with Crippen molar-refractivity contribution in [3.63, 3.8) is 0 Å². The summed E-state index contributed by atoms with van der Waals surface area (Å²) in [5.74, 6) is -1.12. The Bertz CT molecular complexity index is 1060. The average Bonchev–Trinajstić information content (AvgIpc) is 2.60. The van der Waals surface area contributed by atoms with Crippen LogP contribution in [0, 0.1) is 26.6 Å². The number of aryl methyl sites for hydroxylation is 2. The van der Waals surface area contributed by atoms with Gasteiger partial charge in [0.1, 0.15) is 11.5 Å². The number of halogens is 1. The quantitative estimate of drug-likeness (QED) is 0.785. The zero-order valence-corrected chi connectivity index (χ0v) is 14.7. The fourth-order valence-corrected chi connectivity index (χ4v) is 2.64. The molecule has 132 valence electrons. The lowest BCUT2D eigenvalue weighted by atomic mass is 10.1. The van der Waals surface area contributed by atoms with Crippen LogP contribution in [-0.4, -0.2) is 15.7 Å². The van der Waals surface area contributed by atoms with Gasteiger partial charge in [0.15, 0.2) is 5.69 Å². The van der Waals surface area contributed by atoms with E-state index in [0.29, 0.717) is 11.4 Å². The van der Waals surface area contributed by atoms with Crippen molar-refractivity contribution >= 4 is 11.6 Å². The highest BCUT2D eigenvalue weighted by molar-refractivity contribution is 6.03. The summed E-state index contributed by atoms with van der Waals surface area (Å²) in [5, 5.41) is 6.82. The summed E-state index contributed by atoms with van der Waals surface area (Å²) in [5.41, 5.74) is 2.33. The molecule has 5 nitrogen and oxygen atoms in total. The molecular weight excluding hydrogens is 333 g/mol. The van der Waals surface area contributed by atoms with E-state index < -0.39 is 17.2 Å². The number of hydrogen-bond acceptors (Lipinski definition) is 3. The maximum Gasteiger partial charge on any atom is 0.280 e. The summed E-state index contributed by atoms with van der Waals surface area (Å²) < 4.78 is 15.4. The Kier molecular flexibility index (Phi) is 4.67. The minimum atomic E-state index is -0.631. The molecule has 6 heteroatoms. The SMILES string of the molecule is Cc1cccc(NC(=O)c2nn(-c3ccccc3F)c(C)cc2=O)c1C. The standard InChI is InChI=1S/C20H18FN3O2/c1-12-7-6-9-16(14(12)3)22-20(26)19-18(25)11-13(2)24(23-19)17-10-5-4-8-15(17)21/h4-11H,1-3H3,(H,22,26). The third kappa shape index (κ3) is 3.26. The summed E-state index contributed by atoms with van der Waals surface area (Å²) in [6, 6.07) is 12.8. The Morgan fingerprint density at radius 3 is 2.54 bits per heavy atom. The first-order valence-corrected chi connectivity index (χ1v) is 8.12. The molecule has 0 bridgehead atoms. The summed E-state index contributed by atoms with van der Waals surface area (Å²) >= 11 is 0. The van der Waals surface area contributed by atoms with Crippen molar-refractivity contribution in [2.24, 2.45) is 0 Å². The normalized spacial score (nSPS) is 10.6. The van der Waals surface area contributed by atoms with Gasteiger partial charge in [-0.1, -0.05) is 24.3 Å². The van der Waals surface area contributed by atoms with E-state index >= 15 is 0 Å². The number of rotatable bonds is 3. The van der Waals surface area contributed by atoms with E-state index in [0.717, 1.165) is 11.1 Å². The predicted molar refractivity (Wildman–Crippen MR) is 98.4 cm³/mol. The van der Waals surface area contributed by atoms with Crippen molar-refractivity contribution in [3.8, 4) is 5.69 Å². The molecule has 1 amide bonds. The zero-order chi connectivity index (χ0) is 18.8. The first-order valence-electron chi connectivity index (χ1n) is 8.12. The van der Waals surface area contributed by atoms with Crippen LogP contribution in [-0.2, 0) is 0 Å². The van der Waals surface area contributed by atoms with Gasteiger partial charge in [-0.15, -0.1) is 0 Å². The number of aromatic nitrogens is 2. The number of para-hydroxylation sites is 1. The van der Waals surface area contributed by atoms with Crippen LogP contribution in [0.25, 0.3) is 5.69 Å². The van der Waals surface area contributed by atoms with Crippen LogP contribution in [0.3, 0.4) is 0 Å². The van der Waals surface area contributed by atoms with E-state index in [1.165, 1.54) is 22.9 Å². The molecular formula is C20H18FN3O2. The predicted octanol–water partition coefficient (Wildman–Crippen LogP) is 3.55. The highest BCUT2D eigenvalue weighted by Crippen LogP contribution is 2.18. The van der Waals surface area contributed by atoms with Crippen LogP contribution in [0.1, 0.15) is 27.3 Å². The van der Waals surface area contributed by atoms with Gasteiger partial charge < -0.3 is 5.32 Å². The molecule has 1 aromatic heterocycles. The van der Waals surface area contributed by atoms with Gasteiger partial charge in [0.25, 0.3) is 5.91 Å². The first kappa shape index (κ1) is 17.5. The van der Waals surface area contributed by atoms with Crippen LogP contribution in [0.15, 0.2) is 53.3 Å². The van der Waals surface area contributed by atoms with E-state index in [9.17, 15) is 14.0 Å². The highest BCUT2D eigenvalue weighted by Gasteiger charge is 2.17. The van der Waals surface area contributed by atoms with Crippen LogP contribution in [0.2, 0.25) is 0 Å². The van der Waals surface area contributed by atoms with Gasteiger partial charge in [0.05, 0.1) is 0 Å². The summed E-state index contributed by atoms with van der Waals surface area (Å²) in [7, 11) is 0. The minimum absolute atomic E-state index is 0.172. The van der Waals surface area contributed by atoms with E-state index in [-0.39, 0.29) is 11.4 Å². The smallest absolute Gasteiger partial charge is 0.280 e. The number of amides is 1. The Labute approximate surface area is 150 Å². The summed E-state index contributed by atoms with van der Waals surface area (Å²) in [6.07, 6.45) is 0. The van der Waals surface area contributed by atoms with E-state index in [1.807, 2.05) is 26.0 Å². The molecule has 0 unspecified atom stereocenters. The largest absolute Gasteiger partial charge is 0.320 e. The maximum atomic E-state index is 14.1. The first-order chi connectivity index (χ1) is 12.4. The number of anilines is 1. The van der Waals surface area contributed by atoms with E-state index in [4.69, 9.17) is 0 Å². The summed E-state index contributed by atoms with van der Waals surface area (Å²) in [4.78, 5) is 24.9. The lowest BCUT2D eigenvalue weighted by Gasteiger charge is -2.13. The van der Waals surface area contributed by atoms with E-state index in [2.05, 4.69) is 10.4 Å². The molecule has 3 rings (SSSR count). The zero-order valence-electron chi connectivity index (χ0n) is 14.7. The molecule has 0 atom stereocenters. The van der Waals surface area contributed by atoms with Crippen LogP contribution in [0.5, 0.6) is 0 Å². The van der Waals surface area contributed by atoms with Crippen molar-refractivity contribution < 1.29 is 9.18 Å².